The molecule has 20 heavy (non-hydrogen) atoms. The number of hydrogen-bond donors (Lipinski definition) is 1. The number of aryl methyl sites for hydroxylation is 1. The molecule has 102 valence electrons. The average Bonchev–Trinajstić information content (AvgIpc) is 2.82. The molecular formula is C16H14ClN2S-. The van der Waals surface area contributed by atoms with E-state index >= 15 is 0 Å². The van der Waals surface area contributed by atoms with Crippen LogP contribution in [-0.4, -0.2) is 4.57 Å². The van der Waals surface area contributed by atoms with Gasteiger partial charge in [0.05, 0.1) is 5.69 Å². The largest absolute Gasteiger partial charge is 1.00 e. The Kier molecular flexibility index (Phi) is 4.42. The molecule has 0 aliphatic rings. The standard InChI is InChI=1S/C16H14N2S.ClH/c1-12-7-9-13(10-8-12)15-11-19-16(17)18(15)14-5-3-2-4-6-14;/h2-11,17H,1H3;1H/p-1. The molecule has 0 amide bonds. The van der Waals surface area contributed by atoms with Gasteiger partial charge >= 0.3 is 0 Å². The fourth-order valence-corrected chi connectivity index (χ4v) is 2.86. The lowest BCUT2D eigenvalue weighted by Gasteiger charge is -2.08. The maximum absolute atomic E-state index is 8.10. The van der Waals surface area contributed by atoms with E-state index in [-0.39, 0.29) is 12.4 Å². The molecule has 4 heteroatoms. The van der Waals surface area contributed by atoms with Crippen LogP contribution in [-0.2, 0) is 0 Å². The SMILES string of the molecule is Cc1ccc(-c2csc(=N)n2-c2ccccc2)cc1.[Cl-]. The highest BCUT2D eigenvalue weighted by Crippen LogP contribution is 2.23. The monoisotopic (exact) mass is 301 g/mol. The van der Waals surface area contributed by atoms with Crippen LogP contribution < -0.4 is 17.2 Å². The number of para-hydroxylation sites is 1. The Morgan fingerprint density at radius 2 is 1.60 bits per heavy atom. The normalized spacial score (nSPS) is 10.1. The van der Waals surface area contributed by atoms with Crippen molar-refractivity contribution in [3.05, 3.63) is 70.3 Å². The number of benzene rings is 2. The van der Waals surface area contributed by atoms with E-state index in [9.17, 15) is 0 Å². The smallest absolute Gasteiger partial charge is 0.187 e. The van der Waals surface area contributed by atoms with Gasteiger partial charge in [-0.2, -0.15) is 0 Å². The molecule has 0 spiro atoms. The molecule has 0 atom stereocenters. The second-order valence-corrected chi connectivity index (χ2v) is 5.32. The van der Waals surface area contributed by atoms with Crippen molar-refractivity contribution in [3.63, 3.8) is 0 Å². The molecule has 1 aromatic heterocycles. The molecule has 0 aliphatic heterocycles. The van der Waals surface area contributed by atoms with Crippen molar-refractivity contribution in [2.45, 2.75) is 6.92 Å². The minimum absolute atomic E-state index is 0. The summed E-state index contributed by atoms with van der Waals surface area (Å²) in [5, 5.41) is 10.1. The number of hydrogen-bond acceptors (Lipinski definition) is 2. The Labute approximate surface area is 128 Å². The van der Waals surface area contributed by atoms with Crippen molar-refractivity contribution in [2.75, 3.05) is 0 Å². The van der Waals surface area contributed by atoms with Gasteiger partial charge in [-0.15, -0.1) is 11.3 Å². The minimum Gasteiger partial charge on any atom is -1.00 e. The number of aromatic nitrogens is 1. The maximum Gasteiger partial charge on any atom is 0.187 e. The predicted molar refractivity (Wildman–Crippen MR) is 79.7 cm³/mol. The van der Waals surface area contributed by atoms with Crippen molar-refractivity contribution < 1.29 is 12.4 Å². The van der Waals surface area contributed by atoms with Gasteiger partial charge in [0.15, 0.2) is 4.80 Å². The molecule has 1 N–H and O–H groups in total. The van der Waals surface area contributed by atoms with Crippen molar-refractivity contribution in [2.24, 2.45) is 0 Å². The summed E-state index contributed by atoms with van der Waals surface area (Å²) in [7, 11) is 0. The lowest BCUT2D eigenvalue weighted by molar-refractivity contribution is -0.00000401. The van der Waals surface area contributed by atoms with Crippen LogP contribution in [0.5, 0.6) is 0 Å². The molecule has 0 fully saturated rings. The number of nitrogens with zero attached hydrogens (tertiary/aromatic N) is 1. The lowest BCUT2D eigenvalue weighted by Crippen LogP contribution is -3.00. The Morgan fingerprint density at radius 1 is 0.950 bits per heavy atom. The summed E-state index contributed by atoms with van der Waals surface area (Å²) in [6, 6.07) is 18.5. The molecule has 0 radical (unpaired) electrons. The van der Waals surface area contributed by atoms with Gasteiger partial charge in [0.2, 0.25) is 0 Å². The van der Waals surface area contributed by atoms with Gasteiger partial charge in [-0.3, -0.25) is 9.98 Å². The van der Waals surface area contributed by atoms with Gasteiger partial charge in [-0.1, -0.05) is 48.0 Å². The molecule has 3 aromatic rings. The van der Waals surface area contributed by atoms with Crippen LogP contribution in [0.15, 0.2) is 60.0 Å². The van der Waals surface area contributed by atoms with Crippen molar-refractivity contribution in [3.8, 4) is 16.9 Å². The first-order chi connectivity index (χ1) is 9.25. The van der Waals surface area contributed by atoms with Gasteiger partial charge in [0.1, 0.15) is 0 Å². The van der Waals surface area contributed by atoms with Crippen LogP contribution in [0, 0.1) is 12.3 Å². The summed E-state index contributed by atoms with van der Waals surface area (Å²) < 4.78 is 1.98. The van der Waals surface area contributed by atoms with E-state index in [1.165, 1.54) is 16.9 Å². The summed E-state index contributed by atoms with van der Waals surface area (Å²) in [6.45, 7) is 2.08. The highest BCUT2D eigenvalue weighted by atomic mass is 35.5. The van der Waals surface area contributed by atoms with E-state index in [1.807, 2.05) is 40.3 Å². The van der Waals surface area contributed by atoms with Crippen LogP contribution in [0.3, 0.4) is 0 Å². The van der Waals surface area contributed by atoms with E-state index < -0.39 is 0 Å². The second-order valence-electron chi connectivity index (χ2n) is 4.46. The van der Waals surface area contributed by atoms with E-state index in [0.717, 1.165) is 16.9 Å². The van der Waals surface area contributed by atoms with Gasteiger partial charge in [-0.05, 0) is 24.6 Å². The molecule has 2 nitrogen and oxygen atoms in total. The first kappa shape index (κ1) is 14.6. The van der Waals surface area contributed by atoms with Crippen LogP contribution in [0.2, 0.25) is 0 Å². The van der Waals surface area contributed by atoms with Crippen LogP contribution in [0.4, 0.5) is 0 Å². The molecular weight excluding hydrogens is 288 g/mol. The zero-order valence-electron chi connectivity index (χ0n) is 11.0. The highest BCUT2D eigenvalue weighted by Gasteiger charge is 2.08. The highest BCUT2D eigenvalue weighted by molar-refractivity contribution is 7.07. The first-order valence-corrected chi connectivity index (χ1v) is 7.01. The zero-order chi connectivity index (χ0) is 13.2. The first-order valence-electron chi connectivity index (χ1n) is 6.13. The molecule has 0 aliphatic carbocycles. The van der Waals surface area contributed by atoms with E-state index in [0.29, 0.717) is 4.80 Å². The number of nitrogens with one attached hydrogen (secondary N) is 1. The quantitative estimate of drug-likeness (QED) is 0.732. The minimum atomic E-state index is 0. The van der Waals surface area contributed by atoms with E-state index in [1.54, 1.807) is 0 Å². The molecule has 0 saturated heterocycles. The van der Waals surface area contributed by atoms with Gasteiger partial charge in [0, 0.05) is 11.1 Å². The Morgan fingerprint density at radius 3 is 2.25 bits per heavy atom. The summed E-state index contributed by atoms with van der Waals surface area (Å²) >= 11 is 1.45. The van der Waals surface area contributed by atoms with Crippen molar-refractivity contribution in [1.29, 1.82) is 5.41 Å². The van der Waals surface area contributed by atoms with Crippen LogP contribution in [0.1, 0.15) is 5.56 Å². The van der Waals surface area contributed by atoms with E-state index in [4.69, 9.17) is 5.41 Å². The number of thiazole rings is 1. The Hall–Kier alpha value is -1.84. The summed E-state index contributed by atoms with van der Waals surface area (Å²) in [5.74, 6) is 0. The Bertz CT molecular complexity index is 742. The van der Waals surface area contributed by atoms with Crippen LogP contribution >= 0.6 is 11.3 Å². The third-order valence-corrected chi connectivity index (χ3v) is 3.83. The van der Waals surface area contributed by atoms with Gasteiger partial charge < -0.3 is 12.4 Å². The number of halogens is 1. The van der Waals surface area contributed by atoms with Crippen LogP contribution in [0.25, 0.3) is 16.9 Å². The van der Waals surface area contributed by atoms with E-state index in [2.05, 4.69) is 31.2 Å². The predicted octanol–water partition coefficient (Wildman–Crippen LogP) is 0.998. The Balaban J connectivity index is 0.00000147. The molecule has 0 unspecified atom stereocenters. The maximum atomic E-state index is 8.10. The van der Waals surface area contributed by atoms with Crippen molar-refractivity contribution >= 4 is 11.3 Å². The van der Waals surface area contributed by atoms with Gasteiger partial charge in [0.25, 0.3) is 0 Å². The summed E-state index contributed by atoms with van der Waals surface area (Å²) in [5.41, 5.74) is 4.49. The molecule has 0 saturated carbocycles. The molecule has 0 bridgehead atoms. The number of rotatable bonds is 2. The average molecular weight is 302 g/mol. The molecule has 2 aromatic carbocycles. The zero-order valence-corrected chi connectivity index (χ0v) is 12.6. The summed E-state index contributed by atoms with van der Waals surface area (Å²) in [4.78, 5) is 0.543. The molecule has 3 rings (SSSR count). The summed E-state index contributed by atoms with van der Waals surface area (Å²) in [6.07, 6.45) is 0. The molecule has 1 heterocycles. The topological polar surface area (TPSA) is 28.8 Å². The third kappa shape index (κ3) is 2.69. The second kappa shape index (κ2) is 6.07. The fraction of sp³-hybridized carbons (Fsp3) is 0.0625. The third-order valence-electron chi connectivity index (χ3n) is 3.09. The lowest BCUT2D eigenvalue weighted by atomic mass is 10.1. The van der Waals surface area contributed by atoms with Gasteiger partial charge in [-0.25, -0.2) is 0 Å². The fourth-order valence-electron chi connectivity index (χ4n) is 2.08. The van der Waals surface area contributed by atoms with Crippen molar-refractivity contribution in [1.82, 2.24) is 4.57 Å².